The van der Waals surface area contributed by atoms with Gasteiger partial charge in [-0.05, 0) is 55.2 Å². The quantitative estimate of drug-likeness (QED) is 0.549. The first-order valence-electron chi connectivity index (χ1n) is 11.4. The average Bonchev–Trinajstić information content (AvgIpc) is 2.87. The molecule has 7 heteroatoms. The van der Waals surface area contributed by atoms with Gasteiger partial charge in [0.1, 0.15) is 5.75 Å². The second-order valence-corrected chi connectivity index (χ2v) is 10.6. The second-order valence-electron chi connectivity index (χ2n) is 8.62. The number of piperidine rings is 1. The van der Waals surface area contributed by atoms with Gasteiger partial charge in [0.15, 0.2) is 0 Å². The predicted molar refractivity (Wildman–Crippen MR) is 132 cm³/mol. The van der Waals surface area contributed by atoms with Crippen molar-refractivity contribution in [3.63, 3.8) is 0 Å². The minimum Gasteiger partial charge on any atom is -0.497 e. The summed E-state index contributed by atoms with van der Waals surface area (Å²) in [5, 5.41) is 3.22. The zero-order valence-corrected chi connectivity index (χ0v) is 20.3. The van der Waals surface area contributed by atoms with Gasteiger partial charge in [-0.15, -0.1) is 0 Å². The van der Waals surface area contributed by atoms with Gasteiger partial charge in [-0.3, -0.25) is 4.79 Å². The second kappa shape index (κ2) is 10.4. The molecular weight excluding hydrogens is 448 g/mol. The third-order valence-corrected chi connectivity index (χ3v) is 8.23. The van der Waals surface area contributed by atoms with Crippen LogP contribution in [-0.4, -0.2) is 38.8 Å². The molecule has 3 aromatic carbocycles. The van der Waals surface area contributed by atoms with Gasteiger partial charge in [-0.1, -0.05) is 60.2 Å². The van der Waals surface area contributed by atoms with Crippen LogP contribution in [0.4, 0.5) is 0 Å². The van der Waals surface area contributed by atoms with Gasteiger partial charge >= 0.3 is 0 Å². The van der Waals surface area contributed by atoms with Crippen molar-refractivity contribution in [2.75, 3.05) is 20.2 Å². The van der Waals surface area contributed by atoms with E-state index in [1.54, 1.807) is 31.4 Å². The third kappa shape index (κ3) is 5.32. The number of methoxy groups -OCH3 is 1. The summed E-state index contributed by atoms with van der Waals surface area (Å²) in [6.45, 7) is 2.66. The Bertz CT molecular complexity index is 1220. The highest BCUT2D eigenvalue weighted by Gasteiger charge is 2.33. The highest BCUT2D eigenvalue weighted by atomic mass is 32.2. The van der Waals surface area contributed by atoms with Gasteiger partial charge in [-0.2, -0.15) is 4.31 Å². The normalized spacial score (nSPS) is 16.1. The number of nitrogens with zero attached hydrogens (tertiary/aromatic N) is 1. The lowest BCUT2D eigenvalue weighted by Crippen LogP contribution is -2.43. The van der Waals surface area contributed by atoms with Crippen LogP contribution in [0.5, 0.6) is 5.75 Å². The number of nitrogens with one attached hydrogen (secondary N) is 1. The highest BCUT2D eigenvalue weighted by molar-refractivity contribution is 7.89. The Hall–Kier alpha value is -3.16. The fourth-order valence-electron chi connectivity index (χ4n) is 4.37. The molecule has 1 amide bonds. The fraction of sp³-hybridized carbons (Fsp3) is 0.296. The van der Waals surface area contributed by atoms with Crippen LogP contribution >= 0.6 is 0 Å². The van der Waals surface area contributed by atoms with Gasteiger partial charge < -0.3 is 10.1 Å². The van der Waals surface area contributed by atoms with Crippen molar-refractivity contribution >= 4 is 15.9 Å². The van der Waals surface area contributed by atoms with E-state index in [2.05, 4.69) is 11.4 Å². The molecule has 1 heterocycles. The van der Waals surface area contributed by atoms with Gasteiger partial charge in [0.25, 0.3) is 0 Å². The zero-order valence-electron chi connectivity index (χ0n) is 19.5. The third-order valence-electron chi connectivity index (χ3n) is 6.32. The number of ether oxygens (including phenoxy) is 1. The van der Waals surface area contributed by atoms with Crippen molar-refractivity contribution in [2.45, 2.75) is 30.7 Å². The molecule has 0 spiro atoms. The first kappa shape index (κ1) is 24.0. The Balaban J connectivity index is 1.44. The number of carbonyl (C=O) groups excluding carboxylic acids is 1. The minimum absolute atomic E-state index is 0.0446. The van der Waals surface area contributed by atoms with E-state index < -0.39 is 10.0 Å². The fourth-order valence-corrected chi connectivity index (χ4v) is 5.84. The number of sulfonamides is 1. The molecule has 0 aromatic heterocycles. The summed E-state index contributed by atoms with van der Waals surface area (Å²) in [6.07, 6.45) is 0.965. The average molecular weight is 479 g/mol. The monoisotopic (exact) mass is 478 g/mol. The molecule has 1 fully saturated rings. The smallest absolute Gasteiger partial charge is 0.243 e. The number of hydrogen-bond acceptors (Lipinski definition) is 4. The summed E-state index contributed by atoms with van der Waals surface area (Å²) < 4.78 is 32.6. The van der Waals surface area contributed by atoms with E-state index in [1.807, 2.05) is 55.5 Å². The van der Waals surface area contributed by atoms with Crippen LogP contribution in [0, 0.1) is 12.8 Å². The molecule has 3 aromatic rings. The maximum atomic E-state index is 13.2. The van der Waals surface area contributed by atoms with Gasteiger partial charge in [-0.25, -0.2) is 8.42 Å². The van der Waals surface area contributed by atoms with Crippen LogP contribution < -0.4 is 10.1 Å². The summed E-state index contributed by atoms with van der Waals surface area (Å²) in [4.78, 5) is 13.5. The molecule has 1 saturated heterocycles. The number of benzene rings is 3. The lowest BCUT2D eigenvalue weighted by Gasteiger charge is -2.31. The Labute approximate surface area is 201 Å². The van der Waals surface area contributed by atoms with Crippen molar-refractivity contribution in [1.29, 1.82) is 0 Å². The molecule has 6 nitrogen and oxygen atoms in total. The number of amides is 1. The molecule has 0 saturated carbocycles. The van der Waals surface area contributed by atoms with Crippen molar-refractivity contribution in [1.82, 2.24) is 9.62 Å². The standard InChI is InChI=1S/C27H30N2O4S/c1-20-7-6-10-23(19-20)26(21-8-4-3-5-9-21)28-27(30)22-15-17-29(18-16-22)34(31,32)25-13-11-24(33-2)12-14-25/h3-14,19,22,26H,15-18H2,1-2H3,(H,28,30)/t26-/m0/s1. The number of aryl methyl sites for hydroxylation is 1. The first-order chi connectivity index (χ1) is 16.4. The molecule has 0 radical (unpaired) electrons. The summed E-state index contributed by atoms with van der Waals surface area (Å²) >= 11 is 0. The zero-order chi connectivity index (χ0) is 24.1. The summed E-state index contributed by atoms with van der Waals surface area (Å²) in [7, 11) is -2.06. The van der Waals surface area contributed by atoms with E-state index in [0.717, 1.165) is 16.7 Å². The molecule has 1 aliphatic heterocycles. The van der Waals surface area contributed by atoms with E-state index in [9.17, 15) is 13.2 Å². The lowest BCUT2D eigenvalue weighted by atomic mass is 9.93. The van der Waals surface area contributed by atoms with Crippen LogP contribution in [0.2, 0.25) is 0 Å². The lowest BCUT2D eigenvalue weighted by molar-refractivity contribution is -0.126. The molecule has 1 aliphatic rings. The highest BCUT2D eigenvalue weighted by Crippen LogP contribution is 2.28. The van der Waals surface area contributed by atoms with E-state index >= 15 is 0 Å². The molecule has 0 unspecified atom stereocenters. The van der Waals surface area contributed by atoms with Gasteiger partial charge in [0.2, 0.25) is 15.9 Å². The summed E-state index contributed by atoms with van der Waals surface area (Å²) in [5.74, 6) is 0.325. The SMILES string of the molecule is COc1ccc(S(=O)(=O)N2CCC(C(=O)N[C@@H](c3ccccc3)c3cccc(C)c3)CC2)cc1. The minimum atomic E-state index is -3.60. The summed E-state index contributed by atoms with van der Waals surface area (Å²) in [6, 6.07) is 24.2. The Kier molecular flexibility index (Phi) is 7.34. The maximum absolute atomic E-state index is 13.2. The van der Waals surface area contributed by atoms with Crippen molar-refractivity contribution < 1.29 is 17.9 Å². The topological polar surface area (TPSA) is 75.7 Å². The molecule has 178 valence electrons. The van der Waals surface area contributed by atoms with E-state index in [4.69, 9.17) is 4.74 Å². The van der Waals surface area contributed by atoms with Gasteiger partial charge in [0.05, 0.1) is 18.0 Å². The predicted octanol–water partition coefficient (Wildman–Crippen LogP) is 4.31. The van der Waals surface area contributed by atoms with Crippen molar-refractivity contribution in [3.05, 3.63) is 95.6 Å². The molecule has 0 aliphatic carbocycles. The summed E-state index contributed by atoms with van der Waals surface area (Å²) in [5.41, 5.74) is 3.17. The molecular formula is C27H30N2O4S. The van der Waals surface area contributed by atoms with Crippen LogP contribution in [0.1, 0.15) is 35.6 Å². The largest absolute Gasteiger partial charge is 0.497 e. The molecule has 0 bridgehead atoms. The Morgan fingerprint density at radius 2 is 1.59 bits per heavy atom. The number of carbonyl (C=O) groups is 1. The van der Waals surface area contributed by atoms with Crippen LogP contribution in [0.15, 0.2) is 83.8 Å². The van der Waals surface area contributed by atoms with Crippen molar-refractivity contribution in [3.8, 4) is 5.75 Å². The van der Waals surface area contributed by atoms with E-state index in [-0.39, 0.29) is 22.8 Å². The maximum Gasteiger partial charge on any atom is 0.243 e. The van der Waals surface area contributed by atoms with Gasteiger partial charge in [0, 0.05) is 19.0 Å². The van der Waals surface area contributed by atoms with Crippen molar-refractivity contribution in [2.24, 2.45) is 5.92 Å². The molecule has 1 N–H and O–H groups in total. The Morgan fingerprint density at radius 3 is 2.21 bits per heavy atom. The number of rotatable bonds is 7. The molecule has 1 atom stereocenters. The first-order valence-corrected chi connectivity index (χ1v) is 12.9. The molecule has 4 rings (SSSR count). The van der Waals surface area contributed by atoms with E-state index in [0.29, 0.717) is 31.7 Å². The number of hydrogen-bond donors (Lipinski definition) is 1. The Morgan fingerprint density at radius 1 is 0.941 bits per heavy atom. The molecule has 34 heavy (non-hydrogen) atoms. The van der Waals surface area contributed by atoms with Crippen LogP contribution in [0.3, 0.4) is 0 Å². The van der Waals surface area contributed by atoms with E-state index in [1.165, 1.54) is 4.31 Å². The van der Waals surface area contributed by atoms with Crippen LogP contribution in [0.25, 0.3) is 0 Å². The van der Waals surface area contributed by atoms with Crippen LogP contribution in [-0.2, 0) is 14.8 Å².